The number of imidazole rings is 2. The zero-order valence-electron chi connectivity index (χ0n) is 24.1. The molecule has 0 unspecified atom stereocenters. The minimum absolute atomic E-state index is 0.0453. The summed E-state index contributed by atoms with van der Waals surface area (Å²) in [6.07, 6.45) is 1.45. The van der Waals surface area contributed by atoms with Crippen LogP contribution in [-0.2, 0) is 9.47 Å². The Morgan fingerprint density at radius 2 is 1.29 bits per heavy atom. The number of esters is 2. The average Bonchev–Trinajstić information content (AvgIpc) is 3.41. The monoisotopic (exact) mass is 742 g/mol. The van der Waals surface area contributed by atoms with Gasteiger partial charge in [0.1, 0.15) is 23.0 Å². The summed E-state index contributed by atoms with van der Waals surface area (Å²) in [7, 11) is 2.47. The SMILES string of the molecule is COC(=O)c1nc2n(c1C(F)F)C1CC(C1)c1ccc(Br)cc1-2.COC(=O)c1nc2n(c1C=O)C1CC(C1)c1ccc(Br)cc1-2. The van der Waals surface area contributed by atoms with E-state index in [1.165, 1.54) is 19.8 Å². The van der Waals surface area contributed by atoms with Gasteiger partial charge in [0.25, 0.3) is 6.43 Å². The van der Waals surface area contributed by atoms with E-state index in [0.29, 0.717) is 35.5 Å². The summed E-state index contributed by atoms with van der Waals surface area (Å²) in [5, 5.41) is 0. The number of alkyl halides is 2. The molecule has 4 aromatic rings. The molecule has 6 heterocycles. The van der Waals surface area contributed by atoms with E-state index < -0.39 is 18.4 Å². The standard InChI is InChI=1S/C16H13BrF2N2O2.C16H13BrN2O3/c1-23-16(22)12-13(14(18)19)21-9-4-7(5-9)10-3-2-8(17)6-11(10)15(21)20-12;1-22-16(21)14-13(7-20)19-10-4-8(5-10)11-3-2-9(17)6-12(11)15(19)18-14/h2-3,6-7,9,14H,4-5H2,1H3;2-3,6-8,10H,4-5H2,1H3. The first-order valence-corrected chi connectivity index (χ1v) is 16.0. The largest absolute Gasteiger partial charge is 0.464 e. The molecule has 0 spiro atoms. The summed E-state index contributed by atoms with van der Waals surface area (Å²) in [6, 6.07) is 12.1. The number of nitrogens with zero attached hydrogens (tertiary/aromatic N) is 4. The normalized spacial score (nSPS) is 21.2. The van der Waals surface area contributed by atoms with Gasteiger partial charge in [0, 0.05) is 32.2 Å². The fourth-order valence-corrected chi connectivity index (χ4v) is 7.81. The molecule has 10 rings (SSSR count). The van der Waals surface area contributed by atoms with Crippen molar-refractivity contribution in [3.63, 3.8) is 0 Å². The molecule has 232 valence electrons. The lowest BCUT2D eigenvalue weighted by molar-refractivity contribution is 0.0575. The number of rotatable bonds is 4. The zero-order chi connectivity index (χ0) is 31.7. The molecule has 2 fully saturated rings. The summed E-state index contributed by atoms with van der Waals surface area (Å²) in [5.74, 6) is 0.571. The molecule has 13 heteroatoms. The van der Waals surface area contributed by atoms with E-state index in [-0.39, 0.29) is 29.2 Å². The maximum atomic E-state index is 13.6. The van der Waals surface area contributed by atoms with Gasteiger partial charge in [0.15, 0.2) is 17.7 Å². The van der Waals surface area contributed by atoms with Crippen molar-refractivity contribution in [3.8, 4) is 22.8 Å². The third-order valence-corrected chi connectivity index (χ3v) is 10.3. The molecule has 0 radical (unpaired) electrons. The number of aldehydes is 1. The van der Waals surface area contributed by atoms with Crippen LogP contribution in [0.3, 0.4) is 0 Å². The highest BCUT2D eigenvalue weighted by atomic mass is 79.9. The molecule has 45 heavy (non-hydrogen) atoms. The molecule has 4 aliphatic heterocycles. The van der Waals surface area contributed by atoms with Gasteiger partial charge in [-0.15, -0.1) is 0 Å². The van der Waals surface area contributed by atoms with Crippen LogP contribution in [-0.4, -0.2) is 51.5 Å². The van der Waals surface area contributed by atoms with Crippen molar-refractivity contribution in [2.45, 2.75) is 56.0 Å². The van der Waals surface area contributed by atoms with Crippen molar-refractivity contribution in [2.24, 2.45) is 0 Å². The Kier molecular flexibility index (Phi) is 7.51. The number of carbonyl (C=O) groups excluding carboxylic acids is 3. The predicted octanol–water partition coefficient (Wildman–Crippen LogP) is 7.81. The third kappa shape index (κ3) is 4.68. The highest BCUT2D eigenvalue weighted by molar-refractivity contribution is 9.10. The van der Waals surface area contributed by atoms with Crippen LogP contribution < -0.4 is 0 Å². The molecule has 0 amide bonds. The summed E-state index contributed by atoms with van der Waals surface area (Å²) in [4.78, 5) is 44.1. The number of carbonyl (C=O) groups is 3. The molecule has 2 aromatic heterocycles. The molecule has 2 aliphatic carbocycles. The average molecular weight is 744 g/mol. The summed E-state index contributed by atoms with van der Waals surface area (Å²) >= 11 is 6.91. The summed E-state index contributed by atoms with van der Waals surface area (Å²) < 4.78 is 42.0. The van der Waals surface area contributed by atoms with Crippen molar-refractivity contribution in [1.29, 1.82) is 0 Å². The number of methoxy groups -OCH3 is 2. The number of aromatic nitrogens is 4. The van der Waals surface area contributed by atoms with Crippen molar-refractivity contribution in [1.82, 2.24) is 19.1 Å². The quantitative estimate of drug-likeness (QED) is 0.155. The van der Waals surface area contributed by atoms with Gasteiger partial charge in [-0.05, 0) is 72.9 Å². The van der Waals surface area contributed by atoms with Gasteiger partial charge in [0.2, 0.25) is 0 Å². The topological polar surface area (TPSA) is 105 Å². The van der Waals surface area contributed by atoms with Gasteiger partial charge in [-0.3, -0.25) is 4.79 Å². The van der Waals surface area contributed by atoms with Gasteiger partial charge < -0.3 is 18.6 Å². The Balaban J connectivity index is 0.000000145. The molecule has 0 atom stereocenters. The minimum Gasteiger partial charge on any atom is -0.464 e. The van der Waals surface area contributed by atoms with Crippen LogP contribution in [0.4, 0.5) is 8.78 Å². The highest BCUT2D eigenvalue weighted by Crippen LogP contribution is 2.55. The number of hydrogen-bond acceptors (Lipinski definition) is 7. The number of hydrogen-bond donors (Lipinski definition) is 0. The van der Waals surface area contributed by atoms with Crippen molar-refractivity contribution >= 4 is 50.1 Å². The summed E-state index contributed by atoms with van der Waals surface area (Å²) in [5.41, 5.74) is 3.93. The maximum absolute atomic E-state index is 13.6. The van der Waals surface area contributed by atoms with Crippen LogP contribution in [0.1, 0.15) is 104 Å². The molecule has 4 bridgehead atoms. The lowest BCUT2D eigenvalue weighted by Crippen LogP contribution is -2.25. The smallest absolute Gasteiger partial charge is 0.359 e. The van der Waals surface area contributed by atoms with E-state index in [0.717, 1.165) is 51.3 Å². The lowest BCUT2D eigenvalue weighted by atomic mass is 9.75. The fraction of sp³-hybridized carbons (Fsp3) is 0.344. The lowest BCUT2D eigenvalue weighted by Gasteiger charge is -2.35. The molecular formula is C32H26Br2F2N4O5. The molecule has 0 N–H and O–H groups in total. The van der Waals surface area contributed by atoms with Crippen LogP contribution in [0.5, 0.6) is 0 Å². The van der Waals surface area contributed by atoms with Gasteiger partial charge in [-0.1, -0.05) is 44.0 Å². The molecule has 0 saturated heterocycles. The van der Waals surface area contributed by atoms with Crippen molar-refractivity contribution in [2.75, 3.05) is 14.2 Å². The Hall–Kier alpha value is -3.71. The van der Waals surface area contributed by atoms with Crippen molar-refractivity contribution < 1.29 is 32.6 Å². The molecule has 2 saturated carbocycles. The Morgan fingerprint density at radius 3 is 1.78 bits per heavy atom. The molecule has 2 aromatic carbocycles. The first-order valence-electron chi connectivity index (χ1n) is 14.4. The number of ether oxygens (including phenoxy) is 2. The Bertz CT molecular complexity index is 1890. The van der Waals surface area contributed by atoms with E-state index in [2.05, 4.69) is 52.6 Å². The van der Waals surface area contributed by atoms with Crippen molar-refractivity contribution in [3.05, 3.63) is 79.2 Å². The first kappa shape index (κ1) is 30.0. The van der Waals surface area contributed by atoms with Crippen LogP contribution in [0.15, 0.2) is 45.3 Å². The van der Waals surface area contributed by atoms with Gasteiger partial charge in [-0.25, -0.2) is 28.3 Å². The predicted molar refractivity (Wildman–Crippen MR) is 166 cm³/mol. The van der Waals surface area contributed by atoms with Crippen LogP contribution >= 0.6 is 31.9 Å². The Labute approximate surface area is 273 Å². The highest BCUT2D eigenvalue weighted by Gasteiger charge is 2.44. The zero-order valence-corrected chi connectivity index (χ0v) is 27.3. The second kappa shape index (κ2) is 11.3. The molecule has 9 nitrogen and oxygen atoms in total. The molecular weight excluding hydrogens is 718 g/mol. The number of benzene rings is 2. The maximum Gasteiger partial charge on any atom is 0.359 e. The van der Waals surface area contributed by atoms with Gasteiger partial charge in [0.05, 0.1) is 14.2 Å². The number of halogens is 4. The Morgan fingerprint density at radius 1 is 0.822 bits per heavy atom. The minimum atomic E-state index is -2.78. The van der Waals surface area contributed by atoms with Crippen LogP contribution in [0, 0.1) is 0 Å². The third-order valence-electron chi connectivity index (χ3n) is 9.32. The van der Waals surface area contributed by atoms with E-state index >= 15 is 0 Å². The van der Waals surface area contributed by atoms with Crippen LogP contribution in [0.2, 0.25) is 0 Å². The van der Waals surface area contributed by atoms with Crippen LogP contribution in [0.25, 0.3) is 22.8 Å². The molecule has 6 aliphatic rings. The fourth-order valence-electron chi connectivity index (χ4n) is 7.09. The summed E-state index contributed by atoms with van der Waals surface area (Å²) in [6.45, 7) is 0. The van der Waals surface area contributed by atoms with E-state index in [1.54, 1.807) is 4.57 Å². The van der Waals surface area contributed by atoms with Gasteiger partial charge in [-0.2, -0.15) is 0 Å². The van der Waals surface area contributed by atoms with E-state index in [9.17, 15) is 23.2 Å². The second-order valence-corrected chi connectivity index (χ2v) is 13.4. The van der Waals surface area contributed by atoms with Gasteiger partial charge >= 0.3 is 11.9 Å². The second-order valence-electron chi connectivity index (χ2n) is 11.6. The first-order chi connectivity index (χ1) is 21.6. The van der Waals surface area contributed by atoms with E-state index in [4.69, 9.17) is 4.74 Å². The van der Waals surface area contributed by atoms with E-state index in [1.807, 2.05) is 34.9 Å².